The van der Waals surface area contributed by atoms with E-state index in [1.54, 1.807) is 18.5 Å². The van der Waals surface area contributed by atoms with Crippen molar-refractivity contribution in [2.45, 2.75) is 19.3 Å². The molecule has 1 aliphatic rings. The van der Waals surface area contributed by atoms with Crippen LogP contribution in [0.15, 0.2) is 18.5 Å². The van der Waals surface area contributed by atoms with Crippen molar-refractivity contribution in [1.29, 1.82) is 0 Å². The molecule has 2 heterocycles. The Morgan fingerprint density at radius 3 is 3.12 bits per heavy atom. The van der Waals surface area contributed by atoms with Gasteiger partial charge in [0, 0.05) is 18.7 Å². The quantitative estimate of drug-likeness (QED) is 0.814. The van der Waals surface area contributed by atoms with E-state index in [2.05, 4.69) is 25.5 Å². The zero-order valence-corrected chi connectivity index (χ0v) is 9.10. The third kappa shape index (κ3) is 1.89. The van der Waals surface area contributed by atoms with Gasteiger partial charge in [-0.05, 0) is 12.8 Å². The molecule has 0 fully saturated rings. The molecule has 0 saturated carbocycles. The number of hydrogen-bond acceptors (Lipinski definition) is 5. The maximum Gasteiger partial charge on any atom is 0.228 e. The van der Waals surface area contributed by atoms with E-state index in [4.69, 9.17) is 0 Å². The summed E-state index contributed by atoms with van der Waals surface area (Å²) in [6, 6.07) is 1.79. The summed E-state index contributed by atoms with van der Waals surface area (Å²) in [4.78, 5) is 20.1. The van der Waals surface area contributed by atoms with Crippen LogP contribution >= 0.6 is 0 Å². The second kappa shape index (κ2) is 3.97. The van der Waals surface area contributed by atoms with Crippen LogP contribution in [0.3, 0.4) is 0 Å². The van der Waals surface area contributed by atoms with Gasteiger partial charge in [-0.15, -0.1) is 0 Å². The molecule has 2 aromatic rings. The van der Waals surface area contributed by atoms with Crippen LogP contribution in [0.4, 0.5) is 11.8 Å². The van der Waals surface area contributed by atoms with E-state index in [1.165, 1.54) is 0 Å². The van der Waals surface area contributed by atoms with Gasteiger partial charge in [0.1, 0.15) is 5.82 Å². The van der Waals surface area contributed by atoms with Gasteiger partial charge in [-0.1, -0.05) is 0 Å². The van der Waals surface area contributed by atoms with E-state index in [0.717, 1.165) is 24.4 Å². The summed E-state index contributed by atoms with van der Waals surface area (Å²) >= 11 is 0. The van der Waals surface area contributed by atoms with Crippen LogP contribution in [0, 0.1) is 0 Å². The number of aromatic nitrogens is 4. The first kappa shape index (κ1) is 9.95. The largest absolute Gasteiger partial charge is 0.309 e. The number of anilines is 2. The molecule has 17 heavy (non-hydrogen) atoms. The Labute approximate surface area is 97.5 Å². The van der Waals surface area contributed by atoms with Crippen LogP contribution in [-0.4, -0.2) is 25.9 Å². The molecule has 0 aromatic carbocycles. The van der Waals surface area contributed by atoms with E-state index in [0.29, 0.717) is 17.9 Å². The van der Waals surface area contributed by atoms with Crippen molar-refractivity contribution in [3.63, 3.8) is 0 Å². The molecule has 3 rings (SSSR count). The van der Waals surface area contributed by atoms with Crippen molar-refractivity contribution >= 4 is 17.5 Å². The van der Waals surface area contributed by atoms with Gasteiger partial charge in [-0.3, -0.25) is 9.89 Å². The smallest absolute Gasteiger partial charge is 0.228 e. The summed E-state index contributed by atoms with van der Waals surface area (Å²) in [5.41, 5.74) is 1.49. The molecule has 0 spiro atoms. The van der Waals surface area contributed by atoms with E-state index < -0.39 is 0 Å². The zero-order chi connectivity index (χ0) is 11.7. The number of H-pyrrole nitrogens is 1. The summed E-state index contributed by atoms with van der Waals surface area (Å²) in [6.45, 7) is 0. The summed E-state index contributed by atoms with van der Waals surface area (Å²) in [5, 5.41) is 9.58. The number of nitrogens with zero attached hydrogens (tertiary/aromatic N) is 3. The number of rotatable bonds is 2. The van der Waals surface area contributed by atoms with Gasteiger partial charge in [0.25, 0.3) is 0 Å². The van der Waals surface area contributed by atoms with Gasteiger partial charge in [0.15, 0.2) is 5.78 Å². The lowest BCUT2D eigenvalue weighted by atomic mass is 9.96. The fraction of sp³-hybridized carbons (Fsp3) is 0.273. The molecular weight excluding hydrogens is 218 g/mol. The minimum Gasteiger partial charge on any atom is -0.309 e. The predicted molar refractivity (Wildman–Crippen MR) is 61.2 cm³/mol. The van der Waals surface area contributed by atoms with Crippen LogP contribution in [0.25, 0.3) is 0 Å². The Kier molecular flexibility index (Phi) is 2.32. The second-order valence-corrected chi connectivity index (χ2v) is 3.93. The Balaban J connectivity index is 1.90. The molecule has 0 saturated heterocycles. The maximum absolute atomic E-state index is 11.6. The number of fused-ring (bicyclic) bond motifs is 1. The molecule has 0 radical (unpaired) electrons. The van der Waals surface area contributed by atoms with Gasteiger partial charge in [-0.25, -0.2) is 9.97 Å². The number of nitrogens with one attached hydrogen (secondary N) is 2. The summed E-state index contributed by atoms with van der Waals surface area (Å²) in [7, 11) is 0. The number of ketones is 1. The van der Waals surface area contributed by atoms with Crippen LogP contribution in [0.2, 0.25) is 0 Å². The highest BCUT2D eigenvalue weighted by atomic mass is 16.1. The van der Waals surface area contributed by atoms with Crippen molar-refractivity contribution in [2.75, 3.05) is 5.32 Å². The lowest BCUT2D eigenvalue weighted by molar-refractivity contribution is 0.0971. The fourth-order valence-electron chi connectivity index (χ4n) is 1.90. The molecule has 2 N–H and O–H groups in total. The minimum atomic E-state index is 0.138. The molecule has 0 amide bonds. The topological polar surface area (TPSA) is 83.6 Å². The number of aryl methyl sites for hydroxylation is 1. The van der Waals surface area contributed by atoms with Crippen molar-refractivity contribution in [3.05, 3.63) is 29.7 Å². The van der Waals surface area contributed by atoms with Crippen molar-refractivity contribution < 1.29 is 4.79 Å². The number of carbonyl (C=O) groups excluding carboxylic acids is 1. The third-order valence-corrected chi connectivity index (χ3v) is 2.73. The van der Waals surface area contributed by atoms with E-state index in [1.807, 2.05) is 0 Å². The van der Waals surface area contributed by atoms with Crippen molar-refractivity contribution in [3.8, 4) is 0 Å². The highest BCUT2D eigenvalue weighted by Gasteiger charge is 2.19. The van der Waals surface area contributed by atoms with Crippen LogP contribution in [-0.2, 0) is 6.42 Å². The van der Waals surface area contributed by atoms with Crippen LogP contribution < -0.4 is 5.32 Å². The third-order valence-electron chi connectivity index (χ3n) is 2.73. The number of aromatic amines is 1. The highest BCUT2D eigenvalue weighted by Crippen LogP contribution is 2.20. The number of hydrogen-bond donors (Lipinski definition) is 2. The molecule has 2 aromatic heterocycles. The van der Waals surface area contributed by atoms with Gasteiger partial charge in [-0.2, -0.15) is 5.10 Å². The zero-order valence-electron chi connectivity index (χ0n) is 9.10. The van der Waals surface area contributed by atoms with Gasteiger partial charge in [0.05, 0.1) is 17.5 Å². The monoisotopic (exact) mass is 229 g/mol. The lowest BCUT2D eigenvalue weighted by Gasteiger charge is -2.13. The lowest BCUT2D eigenvalue weighted by Crippen LogP contribution is -2.14. The summed E-state index contributed by atoms with van der Waals surface area (Å²) in [5.74, 6) is 1.36. The average molecular weight is 229 g/mol. The normalized spacial score (nSPS) is 14.5. The molecule has 6 heteroatoms. The molecule has 1 aliphatic carbocycles. The van der Waals surface area contributed by atoms with Gasteiger partial charge < -0.3 is 5.32 Å². The Morgan fingerprint density at radius 2 is 2.29 bits per heavy atom. The maximum atomic E-state index is 11.6. The first-order valence-electron chi connectivity index (χ1n) is 5.48. The Hall–Kier alpha value is -2.24. The SMILES string of the molecule is O=C1CCCc2nc(Nc3ccn[nH]3)ncc21. The average Bonchev–Trinajstić information content (AvgIpc) is 2.82. The first-order chi connectivity index (χ1) is 8.33. The highest BCUT2D eigenvalue weighted by molar-refractivity contribution is 5.97. The van der Waals surface area contributed by atoms with Gasteiger partial charge in [0.2, 0.25) is 5.95 Å². The summed E-state index contributed by atoms with van der Waals surface area (Å²) < 4.78 is 0. The first-order valence-corrected chi connectivity index (χ1v) is 5.48. The molecular formula is C11H11N5O. The number of carbonyl (C=O) groups is 1. The fourth-order valence-corrected chi connectivity index (χ4v) is 1.90. The molecule has 86 valence electrons. The molecule has 0 aliphatic heterocycles. The van der Waals surface area contributed by atoms with Crippen molar-refractivity contribution in [2.24, 2.45) is 0 Å². The molecule has 6 nitrogen and oxygen atoms in total. The predicted octanol–water partition coefficient (Wildman–Crippen LogP) is 1.46. The van der Waals surface area contributed by atoms with Crippen molar-refractivity contribution in [1.82, 2.24) is 20.2 Å². The van der Waals surface area contributed by atoms with Gasteiger partial charge >= 0.3 is 0 Å². The van der Waals surface area contributed by atoms with E-state index in [-0.39, 0.29) is 5.78 Å². The minimum absolute atomic E-state index is 0.138. The molecule has 0 bridgehead atoms. The molecule has 0 unspecified atom stereocenters. The van der Waals surface area contributed by atoms with Crippen LogP contribution in [0.1, 0.15) is 28.9 Å². The molecule has 0 atom stereocenters. The second-order valence-electron chi connectivity index (χ2n) is 3.93. The number of Topliss-reactive ketones (excluding diaryl/α,β-unsaturated/α-hetero) is 1. The Bertz CT molecular complexity index is 549. The standard InChI is InChI=1S/C11H11N5O/c17-9-3-1-2-8-7(9)6-12-11(14-8)15-10-4-5-13-16-10/h4-6H,1-3H2,(H2,12,13,14,15,16). The van der Waals surface area contributed by atoms with Crippen LogP contribution in [0.5, 0.6) is 0 Å². The van der Waals surface area contributed by atoms with E-state index >= 15 is 0 Å². The Morgan fingerprint density at radius 1 is 1.35 bits per heavy atom. The van der Waals surface area contributed by atoms with E-state index in [9.17, 15) is 4.79 Å². The summed E-state index contributed by atoms with van der Waals surface area (Å²) in [6.07, 6.45) is 5.55.